The summed E-state index contributed by atoms with van der Waals surface area (Å²) in [6.45, 7) is 5.73. The number of carbonyl (C=O) groups excluding carboxylic acids is 1. The molecule has 40 heavy (non-hydrogen) atoms. The topological polar surface area (TPSA) is 159 Å². The van der Waals surface area contributed by atoms with Crippen molar-refractivity contribution < 1.29 is 34.4 Å². The third-order valence-corrected chi connectivity index (χ3v) is 6.94. The molecule has 1 aliphatic rings. The Balaban J connectivity index is 1.50. The van der Waals surface area contributed by atoms with Gasteiger partial charge in [-0.2, -0.15) is 5.26 Å². The Bertz CT molecular complexity index is 1390. The van der Waals surface area contributed by atoms with E-state index in [1.807, 2.05) is 18.2 Å². The van der Waals surface area contributed by atoms with Crippen LogP contribution in [0.25, 0.3) is 28.2 Å². The van der Waals surface area contributed by atoms with Crippen LogP contribution in [0.4, 0.5) is 5.69 Å². The molecule has 1 fully saturated rings. The standard InChI is InChI=1S/C30H35N3O7/c1-3-11-33(12-4-2)22-8-7-18-13-20(6-5-19(18)14-22)24-10-9-23(39-24)15-21(16-31)29(37)32-26-28(36)27(35)25(17-34)40-30(26)38/h5-10,13-15,25-28,30,34-36,38H,3-4,11-12,17H2,1-2H3,(H,32,37)/b21-15+/t25-,26-,27-,28-,30?/m1/s1. The van der Waals surface area contributed by atoms with Crippen molar-refractivity contribution in [1.82, 2.24) is 5.32 Å². The zero-order chi connectivity index (χ0) is 28.8. The number of anilines is 1. The van der Waals surface area contributed by atoms with Gasteiger partial charge < -0.3 is 39.8 Å². The molecule has 5 atom stereocenters. The Labute approximate surface area is 232 Å². The van der Waals surface area contributed by atoms with Crippen LogP contribution in [0.5, 0.6) is 0 Å². The first kappa shape index (κ1) is 29.3. The van der Waals surface area contributed by atoms with E-state index in [0.29, 0.717) is 5.76 Å². The number of hydrogen-bond acceptors (Lipinski definition) is 9. The molecule has 10 nitrogen and oxygen atoms in total. The zero-order valence-corrected chi connectivity index (χ0v) is 22.5. The number of amides is 1. The fourth-order valence-corrected chi connectivity index (χ4v) is 4.85. The van der Waals surface area contributed by atoms with Gasteiger partial charge in [0.25, 0.3) is 5.91 Å². The van der Waals surface area contributed by atoms with E-state index in [1.54, 1.807) is 18.2 Å². The van der Waals surface area contributed by atoms with Crippen LogP contribution >= 0.6 is 0 Å². The molecule has 3 aromatic rings. The Morgan fingerprint density at radius 1 is 1.02 bits per heavy atom. The van der Waals surface area contributed by atoms with Gasteiger partial charge in [-0.25, -0.2) is 0 Å². The van der Waals surface area contributed by atoms with E-state index in [-0.39, 0.29) is 11.3 Å². The van der Waals surface area contributed by atoms with Crippen molar-refractivity contribution in [2.75, 3.05) is 24.6 Å². The molecule has 0 saturated carbocycles. The van der Waals surface area contributed by atoms with Gasteiger partial charge in [0.2, 0.25) is 0 Å². The van der Waals surface area contributed by atoms with Gasteiger partial charge in [-0.05, 0) is 53.9 Å². The van der Waals surface area contributed by atoms with Crippen molar-refractivity contribution >= 4 is 28.4 Å². The summed E-state index contributed by atoms with van der Waals surface area (Å²) in [5.74, 6) is -0.0880. The van der Waals surface area contributed by atoms with Gasteiger partial charge in [0, 0.05) is 30.4 Å². The van der Waals surface area contributed by atoms with E-state index < -0.39 is 43.2 Å². The van der Waals surface area contributed by atoms with Gasteiger partial charge in [-0.3, -0.25) is 4.79 Å². The van der Waals surface area contributed by atoms with E-state index >= 15 is 0 Å². The van der Waals surface area contributed by atoms with Gasteiger partial charge in [0.15, 0.2) is 6.29 Å². The molecule has 2 heterocycles. The highest BCUT2D eigenvalue weighted by Crippen LogP contribution is 2.29. The average molecular weight is 550 g/mol. The quantitative estimate of drug-likeness (QED) is 0.189. The largest absolute Gasteiger partial charge is 0.457 e. The molecule has 5 N–H and O–H groups in total. The number of hydrogen-bond donors (Lipinski definition) is 5. The highest BCUT2D eigenvalue weighted by Gasteiger charge is 2.44. The highest BCUT2D eigenvalue weighted by atomic mass is 16.6. The average Bonchev–Trinajstić information content (AvgIpc) is 3.43. The second-order valence-corrected chi connectivity index (χ2v) is 9.83. The monoisotopic (exact) mass is 549 g/mol. The molecule has 1 saturated heterocycles. The number of ether oxygens (including phenoxy) is 1. The summed E-state index contributed by atoms with van der Waals surface area (Å²) >= 11 is 0. The van der Waals surface area contributed by atoms with E-state index in [9.17, 15) is 30.5 Å². The van der Waals surface area contributed by atoms with Crippen molar-refractivity contribution in [3.63, 3.8) is 0 Å². The van der Waals surface area contributed by atoms with Gasteiger partial charge >= 0.3 is 0 Å². The lowest BCUT2D eigenvalue weighted by Gasteiger charge is -2.40. The van der Waals surface area contributed by atoms with Crippen molar-refractivity contribution in [2.45, 2.75) is 57.3 Å². The predicted molar refractivity (Wildman–Crippen MR) is 150 cm³/mol. The molecular formula is C30H35N3O7. The van der Waals surface area contributed by atoms with Crippen LogP contribution in [-0.4, -0.2) is 76.7 Å². The molecular weight excluding hydrogens is 514 g/mol. The van der Waals surface area contributed by atoms with Crippen molar-refractivity contribution in [3.8, 4) is 17.4 Å². The van der Waals surface area contributed by atoms with E-state index in [2.05, 4.69) is 42.3 Å². The Morgan fingerprint density at radius 2 is 1.73 bits per heavy atom. The van der Waals surface area contributed by atoms with Crippen LogP contribution in [0.2, 0.25) is 0 Å². The molecule has 1 aromatic heterocycles. The number of rotatable bonds is 10. The number of fused-ring (bicyclic) bond motifs is 1. The molecule has 1 amide bonds. The molecule has 0 spiro atoms. The molecule has 1 aliphatic heterocycles. The predicted octanol–water partition coefficient (Wildman–Crippen LogP) is 2.55. The van der Waals surface area contributed by atoms with Crippen molar-refractivity contribution in [2.24, 2.45) is 0 Å². The van der Waals surface area contributed by atoms with Gasteiger partial charge in [0.05, 0.1) is 6.61 Å². The number of nitrogens with zero attached hydrogens (tertiary/aromatic N) is 2. The maximum absolute atomic E-state index is 12.7. The third-order valence-electron chi connectivity index (χ3n) is 6.94. The smallest absolute Gasteiger partial charge is 0.262 e. The van der Waals surface area contributed by atoms with Crippen LogP contribution < -0.4 is 10.2 Å². The lowest BCUT2D eigenvalue weighted by molar-refractivity contribution is -0.253. The maximum Gasteiger partial charge on any atom is 0.262 e. The number of benzene rings is 2. The molecule has 4 rings (SSSR count). The van der Waals surface area contributed by atoms with Crippen LogP contribution in [0.3, 0.4) is 0 Å². The fraction of sp³-hybridized carbons (Fsp3) is 0.400. The minimum absolute atomic E-state index is 0.258. The molecule has 0 bridgehead atoms. The lowest BCUT2D eigenvalue weighted by Crippen LogP contribution is -2.64. The number of aliphatic hydroxyl groups excluding tert-OH is 4. The highest BCUT2D eigenvalue weighted by molar-refractivity contribution is 6.01. The summed E-state index contributed by atoms with van der Waals surface area (Å²) in [6.07, 6.45) is -2.66. The summed E-state index contributed by atoms with van der Waals surface area (Å²) in [4.78, 5) is 15.1. The molecule has 2 aromatic carbocycles. The first-order valence-electron chi connectivity index (χ1n) is 13.4. The van der Waals surface area contributed by atoms with Gasteiger partial charge in [-0.15, -0.1) is 0 Å². The van der Waals surface area contributed by atoms with Crippen LogP contribution in [0, 0.1) is 11.3 Å². The molecule has 0 radical (unpaired) electrons. The molecule has 0 aliphatic carbocycles. The van der Waals surface area contributed by atoms with Gasteiger partial charge in [-0.1, -0.05) is 32.0 Å². The van der Waals surface area contributed by atoms with Gasteiger partial charge in [0.1, 0.15) is 47.5 Å². The fourth-order valence-electron chi connectivity index (χ4n) is 4.85. The number of carbonyl (C=O) groups is 1. The summed E-state index contributed by atoms with van der Waals surface area (Å²) < 4.78 is 10.9. The second kappa shape index (κ2) is 13.1. The third kappa shape index (κ3) is 6.36. The Morgan fingerprint density at radius 3 is 2.40 bits per heavy atom. The van der Waals surface area contributed by atoms with Crippen LogP contribution in [0.15, 0.2) is 58.5 Å². The summed E-state index contributed by atoms with van der Waals surface area (Å²) in [5.41, 5.74) is 1.69. The van der Waals surface area contributed by atoms with E-state index in [1.165, 1.54) is 11.8 Å². The molecule has 1 unspecified atom stereocenters. The Hall–Kier alpha value is -3.72. The SMILES string of the molecule is CCCN(CCC)c1ccc2cc(-c3ccc(/C=C(\C#N)C(=O)N[C@H]4C(O)O[C@H](CO)[C@@H](O)[C@@H]4O)o3)ccc2c1. The van der Waals surface area contributed by atoms with Crippen molar-refractivity contribution in [1.29, 1.82) is 5.26 Å². The Kier molecular flexibility index (Phi) is 9.58. The molecule has 212 valence electrons. The molecule has 10 heteroatoms. The zero-order valence-electron chi connectivity index (χ0n) is 22.5. The maximum atomic E-state index is 12.7. The second-order valence-electron chi connectivity index (χ2n) is 9.83. The number of nitrogens with one attached hydrogen (secondary N) is 1. The van der Waals surface area contributed by atoms with E-state index in [4.69, 9.17) is 9.15 Å². The van der Waals surface area contributed by atoms with E-state index in [0.717, 1.165) is 42.3 Å². The first-order valence-corrected chi connectivity index (χ1v) is 13.4. The van der Waals surface area contributed by atoms with Crippen molar-refractivity contribution in [3.05, 3.63) is 59.9 Å². The summed E-state index contributed by atoms with van der Waals surface area (Å²) in [7, 11) is 0. The number of nitriles is 1. The number of aliphatic hydroxyl groups is 4. The summed E-state index contributed by atoms with van der Waals surface area (Å²) in [6, 6.07) is 16.2. The van der Waals surface area contributed by atoms with Crippen LogP contribution in [0.1, 0.15) is 32.4 Å². The lowest BCUT2D eigenvalue weighted by atomic mass is 9.97. The normalized spacial score (nSPS) is 23.1. The first-order chi connectivity index (χ1) is 19.3. The minimum Gasteiger partial charge on any atom is -0.457 e. The van der Waals surface area contributed by atoms with Crippen LogP contribution in [-0.2, 0) is 9.53 Å². The summed E-state index contributed by atoms with van der Waals surface area (Å²) in [5, 5.41) is 53.6. The number of furan rings is 1. The minimum atomic E-state index is -1.69.